The Hall–Kier alpha value is -3.10. The highest BCUT2D eigenvalue weighted by Gasteiger charge is 2.19. The number of hydrogen-bond acceptors (Lipinski definition) is 4. The topological polar surface area (TPSA) is 42.2 Å². The van der Waals surface area contributed by atoms with E-state index in [1.807, 2.05) is 17.6 Å². The second kappa shape index (κ2) is 8.33. The molecule has 3 aliphatic carbocycles. The minimum Gasteiger partial charge on any atom is -0.369 e. The van der Waals surface area contributed by atoms with Crippen LogP contribution in [0.1, 0.15) is 37.7 Å². The van der Waals surface area contributed by atoms with Crippen LogP contribution < -0.4 is 5.32 Å². The van der Waals surface area contributed by atoms with Crippen molar-refractivity contribution in [3.8, 4) is 34.0 Å². The highest BCUT2D eigenvalue weighted by Crippen LogP contribution is 2.35. The Balaban J connectivity index is 0.000000272. The summed E-state index contributed by atoms with van der Waals surface area (Å²) in [5.41, 5.74) is 5.53. The minimum absolute atomic E-state index is 0.745. The Morgan fingerprint density at radius 3 is 2.70 bits per heavy atom. The van der Waals surface area contributed by atoms with E-state index in [0.717, 1.165) is 40.1 Å². The Morgan fingerprint density at radius 2 is 2.00 bits per heavy atom. The first kappa shape index (κ1) is 18.9. The molecule has 6 rings (SSSR count). The van der Waals surface area contributed by atoms with Crippen molar-refractivity contribution in [2.24, 2.45) is 5.92 Å². The summed E-state index contributed by atoms with van der Waals surface area (Å²) in [5, 5.41) is 5.68. The predicted octanol–water partition coefficient (Wildman–Crippen LogP) is 6.10. The number of terminal acetylenes is 1. The molecule has 30 heavy (non-hydrogen) atoms. The third-order valence-corrected chi connectivity index (χ3v) is 6.78. The molecule has 3 aromatic heterocycles. The fourth-order valence-electron chi connectivity index (χ4n) is 4.15. The Morgan fingerprint density at radius 1 is 1.17 bits per heavy atom. The van der Waals surface area contributed by atoms with E-state index >= 15 is 0 Å². The molecular weight excluding hydrogens is 388 g/mol. The van der Waals surface area contributed by atoms with Gasteiger partial charge in [-0.3, -0.25) is 9.38 Å². The van der Waals surface area contributed by atoms with Crippen LogP contribution >= 0.6 is 11.3 Å². The van der Waals surface area contributed by atoms with Crippen molar-refractivity contribution in [3.05, 3.63) is 59.9 Å². The number of thiophene rings is 1. The van der Waals surface area contributed by atoms with Crippen molar-refractivity contribution in [1.82, 2.24) is 14.4 Å². The average Bonchev–Trinajstić information content (AvgIpc) is 3.18. The zero-order valence-electron chi connectivity index (χ0n) is 16.8. The molecule has 1 N–H and O–H groups in total. The third kappa shape index (κ3) is 3.83. The number of imidazole rings is 1. The predicted molar refractivity (Wildman–Crippen MR) is 125 cm³/mol. The Labute approximate surface area is 181 Å². The number of anilines is 1. The summed E-state index contributed by atoms with van der Waals surface area (Å²) < 4.78 is 2.07. The Bertz CT molecular complexity index is 1190. The number of fused-ring (bicyclic) bond motifs is 2. The van der Waals surface area contributed by atoms with E-state index in [9.17, 15) is 0 Å². The first-order valence-corrected chi connectivity index (χ1v) is 11.4. The molecule has 0 aliphatic heterocycles. The highest BCUT2D eigenvalue weighted by atomic mass is 32.1. The van der Waals surface area contributed by atoms with E-state index in [1.54, 1.807) is 23.7 Å². The van der Waals surface area contributed by atoms with Crippen molar-refractivity contribution >= 4 is 22.8 Å². The average molecular weight is 413 g/mol. The van der Waals surface area contributed by atoms with Crippen molar-refractivity contribution in [2.75, 3.05) is 11.9 Å². The maximum Gasteiger partial charge on any atom is 0.157 e. The highest BCUT2D eigenvalue weighted by molar-refractivity contribution is 7.13. The molecule has 0 saturated heterocycles. The van der Waals surface area contributed by atoms with Crippen LogP contribution in [0.5, 0.6) is 0 Å². The van der Waals surface area contributed by atoms with Gasteiger partial charge in [-0.15, -0.1) is 17.8 Å². The summed E-state index contributed by atoms with van der Waals surface area (Å²) in [6.45, 7) is 0.986. The van der Waals surface area contributed by atoms with Gasteiger partial charge in [0.1, 0.15) is 11.5 Å². The molecule has 0 atom stereocenters. The normalized spacial score (nSPS) is 14.6. The summed E-state index contributed by atoms with van der Waals surface area (Å²) in [6.07, 6.45) is 17.9. The van der Waals surface area contributed by atoms with Crippen molar-refractivity contribution in [2.45, 2.75) is 32.1 Å². The molecule has 1 saturated carbocycles. The van der Waals surface area contributed by atoms with Gasteiger partial charge in [0, 0.05) is 24.5 Å². The van der Waals surface area contributed by atoms with Gasteiger partial charge in [-0.05, 0) is 47.4 Å². The number of benzene rings is 1. The van der Waals surface area contributed by atoms with Crippen LogP contribution in [-0.4, -0.2) is 20.9 Å². The smallest absolute Gasteiger partial charge is 0.157 e. The molecule has 1 fully saturated rings. The second-order valence-corrected chi connectivity index (χ2v) is 8.80. The first-order valence-electron chi connectivity index (χ1n) is 10.5. The maximum atomic E-state index is 5.66. The summed E-state index contributed by atoms with van der Waals surface area (Å²) in [7, 11) is 0. The van der Waals surface area contributed by atoms with E-state index < -0.39 is 0 Å². The quantitative estimate of drug-likeness (QED) is 0.363. The fraction of sp³-hybridized carbons (Fsp3) is 0.280. The van der Waals surface area contributed by atoms with Gasteiger partial charge in [-0.2, -0.15) is 0 Å². The standard InChI is InChI=1S/C19H20N4S.C6H4/c1-2-15-8-11-24-18(15)17-19(21-12-14-6-4-3-5-7-14)23-10-9-20-13-16(23)22-17;1-2-5-4-6(5)3-1/h1,8-11,13-14,21H,3-7,12H2;1-4H. The molecule has 0 aromatic carbocycles. The summed E-state index contributed by atoms with van der Waals surface area (Å²) in [6, 6.07) is 10.5. The Kier molecular flexibility index (Phi) is 5.25. The van der Waals surface area contributed by atoms with Crippen LogP contribution in [0.3, 0.4) is 0 Å². The molecule has 4 nitrogen and oxygen atoms in total. The van der Waals surface area contributed by atoms with Crippen LogP contribution in [0.25, 0.3) is 27.3 Å². The molecule has 3 aromatic rings. The largest absolute Gasteiger partial charge is 0.369 e. The summed E-state index contributed by atoms with van der Waals surface area (Å²) >= 11 is 1.64. The van der Waals surface area contributed by atoms with Crippen LogP contribution in [0, 0.1) is 18.3 Å². The number of rotatable bonds is 4. The molecule has 0 unspecified atom stereocenters. The number of hydrogen-bond donors (Lipinski definition) is 1. The molecule has 0 spiro atoms. The van der Waals surface area contributed by atoms with Crippen LogP contribution in [-0.2, 0) is 0 Å². The molecule has 3 aliphatic rings. The van der Waals surface area contributed by atoms with E-state index in [1.165, 1.54) is 43.2 Å². The van der Waals surface area contributed by atoms with Gasteiger partial charge >= 0.3 is 0 Å². The molecule has 3 heterocycles. The zero-order chi connectivity index (χ0) is 20.3. The molecule has 0 amide bonds. The van der Waals surface area contributed by atoms with Gasteiger partial charge in [-0.25, -0.2) is 4.98 Å². The van der Waals surface area contributed by atoms with Gasteiger partial charge in [0.2, 0.25) is 0 Å². The lowest BCUT2D eigenvalue weighted by Gasteiger charge is -2.22. The molecular formula is C25H24N4S. The fourth-order valence-corrected chi connectivity index (χ4v) is 5.00. The zero-order valence-corrected chi connectivity index (χ0v) is 17.7. The van der Waals surface area contributed by atoms with Crippen molar-refractivity contribution in [3.63, 3.8) is 0 Å². The minimum atomic E-state index is 0.745. The van der Waals surface area contributed by atoms with E-state index in [-0.39, 0.29) is 0 Å². The number of nitrogens with one attached hydrogen (secondary N) is 1. The molecule has 150 valence electrons. The number of aromatic nitrogens is 3. The van der Waals surface area contributed by atoms with Crippen molar-refractivity contribution in [1.29, 1.82) is 0 Å². The SMILES string of the molecule is C#Cc1ccsc1-c1nc2cnccn2c1NCC1CCCCC1.c1cc2cc-2c1. The lowest BCUT2D eigenvalue weighted by Crippen LogP contribution is -2.18. The second-order valence-electron chi connectivity index (χ2n) is 7.89. The van der Waals surface area contributed by atoms with E-state index in [0.29, 0.717) is 0 Å². The maximum absolute atomic E-state index is 5.66. The summed E-state index contributed by atoms with van der Waals surface area (Å²) in [4.78, 5) is 10.0. The molecule has 0 radical (unpaired) electrons. The van der Waals surface area contributed by atoms with Gasteiger partial charge in [-0.1, -0.05) is 43.4 Å². The van der Waals surface area contributed by atoms with Gasteiger partial charge in [0.05, 0.1) is 11.1 Å². The van der Waals surface area contributed by atoms with E-state index in [4.69, 9.17) is 11.4 Å². The lowest BCUT2D eigenvalue weighted by atomic mass is 9.89. The summed E-state index contributed by atoms with van der Waals surface area (Å²) in [5.74, 6) is 4.54. The van der Waals surface area contributed by atoms with Crippen LogP contribution in [0.4, 0.5) is 5.82 Å². The molecule has 5 heteroatoms. The monoisotopic (exact) mass is 412 g/mol. The van der Waals surface area contributed by atoms with Gasteiger partial charge in [0.25, 0.3) is 0 Å². The van der Waals surface area contributed by atoms with Crippen LogP contribution in [0.15, 0.2) is 54.3 Å². The van der Waals surface area contributed by atoms with E-state index in [2.05, 4.69) is 44.9 Å². The lowest BCUT2D eigenvalue weighted by molar-refractivity contribution is 0.373. The van der Waals surface area contributed by atoms with Crippen molar-refractivity contribution < 1.29 is 0 Å². The number of nitrogens with zero attached hydrogens (tertiary/aromatic N) is 3. The van der Waals surface area contributed by atoms with Crippen LogP contribution in [0.2, 0.25) is 0 Å². The van der Waals surface area contributed by atoms with Gasteiger partial charge in [0.15, 0.2) is 5.65 Å². The molecule has 0 bridgehead atoms. The van der Waals surface area contributed by atoms with Gasteiger partial charge < -0.3 is 5.32 Å². The third-order valence-electron chi connectivity index (χ3n) is 5.86. The first-order chi connectivity index (χ1) is 14.8.